The summed E-state index contributed by atoms with van der Waals surface area (Å²) in [5, 5.41) is 2.91. The lowest BCUT2D eigenvalue weighted by Crippen LogP contribution is -2.45. The van der Waals surface area contributed by atoms with E-state index < -0.39 is 0 Å². The van der Waals surface area contributed by atoms with Crippen molar-refractivity contribution in [3.63, 3.8) is 0 Å². The van der Waals surface area contributed by atoms with E-state index in [4.69, 9.17) is 0 Å². The van der Waals surface area contributed by atoms with Gasteiger partial charge in [-0.25, -0.2) is 0 Å². The molecule has 0 saturated carbocycles. The molecule has 6 heteroatoms. The number of pyridine rings is 1. The fourth-order valence-electron chi connectivity index (χ4n) is 2.80. The van der Waals surface area contributed by atoms with E-state index >= 15 is 0 Å². The van der Waals surface area contributed by atoms with E-state index in [2.05, 4.69) is 15.2 Å². The Hall–Kier alpha value is -2.89. The molecule has 1 fully saturated rings. The predicted molar refractivity (Wildman–Crippen MR) is 96.4 cm³/mol. The molecule has 130 valence electrons. The molecule has 1 aromatic carbocycles. The van der Waals surface area contributed by atoms with Gasteiger partial charge in [0.25, 0.3) is 5.91 Å². The highest BCUT2D eigenvalue weighted by Crippen LogP contribution is 2.16. The lowest BCUT2D eigenvalue weighted by Gasteiger charge is -2.34. The molecular formula is C19H22N4O2. The van der Waals surface area contributed by atoms with E-state index in [1.54, 1.807) is 17.2 Å². The Kier molecular flexibility index (Phi) is 5.28. The first kappa shape index (κ1) is 17.0. The molecule has 2 heterocycles. The molecule has 1 aliphatic rings. The summed E-state index contributed by atoms with van der Waals surface area (Å²) >= 11 is 0. The molecule has 0 unspecified atom stereocenters. The molecule has 1 aromatic heterocycles. The zero-order chi connectivity index (χ0) is 17.6. The summed E-state index contributed by atoms with van der Waals surface area (Å²) in [5.41, 5.74) is 3.61. The molecule has 25 heavy (non-hydrogen) atoms. The molecule has 1 saturated heterocycles. The Morgan fingerprint density at radius 2 is 1.88 bits per heavy atom. The van der Waals surface area contributed by atoms with Gasteiger partial charge < -0.3 is 15.1 Å². The van der Waals surface area contributed by atoms with Crippen LogP contribution in [0.3, 0.4) is 0 Å². The van der Waals surface area contributed by atoms with Crippen molar-refractivity contribution in [2.45, 2.75) is 13.5 Å². The molecule has 1 aliphatic heterocycles. The number of hydrogen-bond donors (Lipinski definition) is 1. The Labute approximate surface area is 147 Å². The minimum atomic E-state index is -0.186. The molecule has 0 bridgehead atoms. The minimum Gasteiger partial charge on any atom is -0.368 e. The number of benzene rings is 1. The lowest BCUT2D eigenvalue weighted by atomic mass is 10.1. The van der Waals surface area contributed by atoms with Gasteiger partial charge in [-0.3, -0.25) is 14.6 Å². The second kappa shape index (κ2) is 7.79. The highest BCUT2D eigenvalue weighted by atomic mass is 16.2. The number of anilines is 1. The van der Waals surface area contributed by atoms with Crippen LogP contribution in [0, 0.1) is 6.92 Å². The molecule has 3 rings (SSSR count). The smallest absolute Gasteiger partial charge is 0.270 e. The zero-order valence-electron chi connectivity index (χ0n) is 14.3. The SMILES string of the molecule is Cc1ccc(CNC(=O)c2cc(N3CCN(C=O)CC3)ccn2)cc1. The maximum absolute atomic E-state index is 12.4. The van der Waals surface area contributed by atoms with Crippen LogP contribution in [-0.2, 0) is 11.3 Å². The third-order valence-corrected chi connectivity index (χ3v) is 4.38. The number of nitrogens with one attached hydrogen (secondary N) is 1. The summed E-state index contributed by atoms with van der Waals surface area (Å²) in [6, 6.07) is 11.8. The highest BCUT2D eigenvalue weighted by molar-refractivity contribution is 5.93. The third kappa shape index (κ3) is 4.35. The largest absolute Gasteiger partial charge is 0.368 e. The molecule has 1 N–H and O–H groups in total. The summed E-state index contributed by atoms with van der Waals surface area (Å²) in [4.78, 5) is 31.3. The molecule has 0 radical (unpaired) electrons. The standard InChI is InChI=1S/C19H22N4O2/c1-15-2-4-16(5-3-15)13-21-19(25)18-12-17(6-7-20-18)23-10-8-22(14-24)9-11-23/h2-7,12,14H,8-11,13H2,1H3,(H,21,25). The van der Waals surface area contributed by atoms with E-state index in [-0.39, 0.29) is 5.91 Å². The Morgan fingerprint density at radius 1 is 1.16 bits per heavy atom. The van der Waals surface area contributed by atoms with Crippen molar-refractivity contribution in [2.75, 3.05) is 31.1 Å². The van der Waals surface area contributed by atoms with Gasteiger partial charge >= 0.3 is 0 Å². The number of aromatic nitrogens is 1. The number of amides is 2. The van der Waals surface area contributed by atoms with E-state index in [1.165, 1.54) is 5.56 Å². The summed E-state index contributed by atoms with van der Waals surface area (Å²) in [5.74, 6) is -0.186. The maximum Gasteiger partial charge on any atom is 0.270 e. The van der Waals surface area contributed by atoms with Crippen molar-refractivity contribution >= 4 is 18.0 Å². The van der Waals surface area contributed by atoms with E-state index in [0.29, 0.717) is 25.3 Å². The van der Waals surface area contributed by atoms with Crippen molar-refractivity contribution in [3.05, 3.63) is 59.4 Å². The van der Waals surface area contributed by atoms with Gasteiger partial charge in [-0.15, -0.1) is 0 Å². The van der Waals surface area contributed by atoms with Crippen LogP contribution < -0.4 is 10.2 Å². The molecule has 0 spiro atoms. The van der Waals surface area contributed by atoms with Crippen LogP contribution in [-0.4, -0.2) is 48.4 Å². The summed E-state index contributed by atoms with van der Waals surface area (Å²) in [6.45, 7) is 5.41. The van der Waals surface area contributed by atoms with Crippen molar-refractivity contribution in [1.82, 2.24) is 15.2 Å². The minimum absolute atomic E-state index is 0.186. The maximum atomic E-state index is 12.4. The predicted octanol–water partition coefficient (Wildman–Crippen LogP) is 1.60. The van der Waals surface area contributed by atoms with Gasteiger partial charge in [0.15, 0.2) is 0 Å². The van der Waals surface area contributed by atoms with Crippen molar-refractivity contribution in [1.29, 1.82) is 0 Å². The van der Waals surface area contributed by atoms with Gasteiger partial charge in [0, 0.05) is 44.6 Å². The monoisotopic (exact) mass is 338 g/mol. The first-order valence-corrected chi connectivity index (χ1v) is 8.40. The third-order valence-electron chi connectivity index (χ3n) is 4.38. The summed E-state index contributed by atoms with van der Waals surface area (Å²) < 4.78 is 0. The van der Waals surface area contributed by atoms with Crippen LogP contribution in [0.5, 0.6) is 0 Å². The van der Waals surface area contributed by atoms with Gasteiger partial charge in [-0.1, -0.05) is 29.8 Å². The fourth-order valence-corrected chi connectivity index (χ4v) is 2.80. The molecule has 0 aliphatic carbocycles. The normalized spacial score (nSPS) is 14.3. The highest BCUT2D eigenvalue weighted by Gasteiger charge is 2.17. The second-order valence-electron chi connectivity index (χ2n) is 6.20. The van der Waals surface area contributed by atoms with Crippen molar-refractivity contribution in [2.24, 2.45) is 0 Å². The summed E-state index contributed by atoms with van der Waals surface area (Å²) in [6.07, 6.45) is 2.54. The number of carbonyl (C=O) groups excluding carboxylic acids is 2. The average molecular weight is 338 g/mol. The first-order valence-electron chi connectivity index (χ1n) is 8.40. The van der Waals surface area contributed by atoms with Crippen LogP contribution in [0.2, 0.25) is 0 Å². The average Bonchev–Trinajstić information content (AvgIpc) is 2.67. The second-order valence-corrected chi connectivity index (χ2v) is 6.20. The number of hydrogen-bond acceptors (Lipinski definition) is 4. The van der Waals surface area contributed by atoms with Gasteiger partial charge in [0.1, 0.15) is 5.69 Å². The molecular weight excluding hydrogens is 316 g/mol. The first-order chi connectivity index (χ1) is 12.2. The quantitative estimate of drug-likeness (QED) is 0.841. The zero-order valence-corrected chi connectivity index (χ0v) is 14.3. The molecule has 2 amide bonds. The number of carbonyl (C=O) groups is 2. The Balaban J connectivity index is 1.61. The van der Waals surface area contributed by atoms with Gasteiger partial charge in [-0.2, -0.15) is 0 Å². The number of aryl methyl sites for hydroxylation is 1. The fraction of sp³-hybridized carbons (Fsp3) is 0.316. The van der Waals surface area contributed by atoms with Crippen molar-refractivity contribution < 1.29 is 9.59 Å². The van der Waals surface area contributed by atoms with E-state index in [0.717, 1.165) is 30.8 Å². The number of piperazine rings is 1. The lowest BCUT2D eigenvalue weighted by molar-refractivity contribution is -0.118. The van der Waals surface area contributed by atoms with Gasteiger partial charge in [-0.05, 0) is 24.6 Å². The van der Waals surface area contributed by atoms with Gasteiger partial charge in [0.2, 0.25) is 6.41 Å². The van der Waals surface area contributed by atoms with E-state index in [9.17, 15) is 9.59 Å². The Morgan fingerprint density at radius 3 is 2.56 bits per heavy atom. The van der Waals surface area contributed by atoms with Crippen LogP contribution in [0.1, 0.15) is 21.6 Å². The molecule has 0 atom stereocenters. The van der Waals surface area contributed by atoms with Crippen LogP contribution in [0.15, 0.2) is 42.6 Å². The number of nitrogens with zero attached hydrogens (tertiary/aromatic N) is 3. The molecule has 2 aromatic rings. The van der Waals surface area contributed by atoms with E-state index in [1.807, 2.05) is 37.3 Å². The van der Waals surface area contributed by atoms with Crippen LogP contribution >= 0.6 is 0 Å². The molecule has 6 nitrogen and oxygen atoms in total. The summed E-state index contributed by atoms with van der Waals surface area (Å²) in [7, 11) is 0. The Bertz CT molecular complexity index is 737. The van der Waals surface area contributed by atoms with Crippen molar-refractivity contribution in [3.8, 4) is 0 Å². The topological polar surface area (TPSA) is 65.5 Å². The van der Waals surface area contributed by atoms with Crippen LogP contribution in [0.25, 0.3) is 0 Å². The number of rotatable bonds is 5. The van der Waals surface area contributed by atoms with Crippen LogP contribution in [0.4, 0.5) is 5.69 Å². The van der Waals surface area contributed by atoms with Gasteiger partial charge in [0.05, 0.1) is 0 Å².